The molecule has 1 N–H and O–H groups in total. The van der Waals surface area contributed by atoms with Gasteiger partial charge in [-0.3, -0.25) is 0 Å². The van der Waals surface area contributed by atoms with Gasteiger partial charge in [0.2, 0.25) is 0 Å². The number of benzene rings is 1. The molecular formula is C12H18O. The highest BCUT2D eigenvalue weighted by atomic mass is 16.3. The quantitative estimate of drug-likeness (QED) is 0.735. The Balaban J connectivity index is 2.46. The number of aliphatic hydroxyl groups is 1. The molecule has 0 spiro atoms. The maximum Gasteiger partial charge on any atom is 0.0462 e. The van der Waals surface area contributed by atoms with Gasteiger partial charge in [-0.05, 0) is 24.3 Å². The van der Waals surface area contributed by atoms with E-state index in [0.29, 0.717) is 12.5 Å². The van der Waals surface area contributed by atoms with Crippen LogP contribution < -0.4 is 0 Å². The fourth-order valence-electron chi connectivity index (χ4n) is 1.61. The fraction of sp³-hybridized carbons (Fsp3) is 0.500. The monoisotopic (exact) mass is 178 g/mol. The Morgan fingerprint density at radius 3 is 2.46 bits per heavy atom. The Morgan fingerprint density at radius 1 is 1.23 bits per heavy atom. The van der Waals surface area contributed by atoms with Gasteiger partial charge in [-0.15, -0.1) is 0 Å². The minimum Gasteiger partial charge on any atom is -0.396 e. The summed E-state index contributed by atoms with van der Waals surface area (Å²) in [5.41, 5.74) is 1.33. The average Bonchev–Trinajstić information content (AvgIpc) is 2.19. The molecule has 1 heteroatoms. The molecule has 0 bridgehead atoms. The van der Waals surface area contributed by atoms with Crippen LogP contribution in [0, 0.1) is 5.92 Å². The molecule has 0 fully saturated rings. The van der Waals surface area contributed by atoms with Gasteiger partial charge >= 0.3 is 0 Å². The molecule has 0 aliphatic heterocycles. The predicted molar refractivity (Wildman–Crippen MR) is 55.6 cm³/mol. The van der Waals surface area contributed by atoms with Crippen molar-refractivity contribution in [2.75, 3.05) is 6.61 Å². The van der Waals surface area contributed by atoms with E-state index in [1.807, 2.05) is 6.07 Å². The van der Waals surface area contributed by atoms with E-state index in [1.165, 1.54) is 5.56 Å². The molecule has 0 saturated heterocycles. The van der Waals surface area contributed by atoms with E-state index in [9.17, 15) is 0 Å². The lowest BCUT2D eigenvalue weighted by molar-refractivity contribution is 0.217. The van der Waals surface area contributed by atoms with Crippen LogP contribution in [0.4, 0.5) is 0 Å². The Hall–Kier alpha value is -0.820. The second kappa shape index (κ2) is 5.76. The Bertz CT molecular complexity index is 218. The van der Waals surface area contributed by atoms with Crippen molar-refractivity contribution in [3.63, 3.8) is 0 Å². The molecular weight excluding hydrogens is 160 g/mol. The standard InChI is InChI=1S/C12H18O/c1-2-6-12(10-13)9-11-7-4-3-5-8-11/h3-5,7-8,12-13H,2,6,9-10H2,1H3. The first-order chi connectivity index (χ1) is 6.36. The first-order valence-electron chi connectivity index (χ1n) is 5.01. The zero-order chi connectivity index (χ0) is 9.52. The summed E-state index contributed by atoms with van der Waals surface area (Å²) in [7, 11) is 0. The molecule has 1 aromatic rings. The van der Waals surface area contributed by atoms with Crippen LogP contribution in [0.1, 0.15) is 25.3 Å². The highest BCUT2D eigenvalue weighted by Gasteiger charge is 2.06. The lowest BCUT2D eigenvalue weighted by atomic mass is 9.96. The zero-order valence-corrected chi connectivity index (χ0v) is 8.24. The molecule has 0 amide bonds. The van der Waals surface area contributed by atoms with E-state index in [1.54, 1.807) is 0 Å². The SMILES string of the molecule is CCCC(CO)Cc1ccccc1. The molecule has 1 rings (SSSR count). The number of aliphatic hydroxyl groups excluding tert-OH is 1. The largest absolute Gasteiger partial charge is 0.396 e. The molecule has 1 aromatic carbocycles. The Labute approximate surface area is 80.4 Å². The van der Waals surface area contributed by atoms with Gasteiger partial charge in [0, 0.05) is 6.61 Å². The second-order valence-electron chi connectivity index (χ2n) is 3.53. The van der Waals surface area contributed by atoms with Gasteiger partial charge in [0.15, 0.2) is 0 Å². The van der Waals surface area contributed by atoms with Crippen LogP contribution in [-0.2, 0) is 6.42 Å². The molecule has 13 heavy (non-hydrogen) atoms. The summed E-state index contributed by atoms with van der Waals surface area (Å²) in [6, 6.07) is 10.4. The minimum atomic E-state index is 0.308. The van der Waals surface area contributed by atoms with Crippen molar-refractivity contribution in [3.8, 4) is 0 Å². The minimum absolute atomic E-state index is 0.308. The summed E-state index contributed by atoms with van der Waals surface area (Å²) >= 11 is 0. The summed E-state index contributed by atoms with van der Waals surface area (Å²) < 4.78 is 0. The molecule has 1 atom stereocenters. The Morgan fingerprint density at radius 2 is 1.92 bits per heavy atom. The highest BCUT2D eigenvalue weighted by Crippen LogP contribution is 2.13. The van der Waals surface area contributed by atoms with E-state index in [0.717, 1.165) is 19.3 Å². The third kappa shape index (κ3) is 3.60. The third-order valence-electron chi connectivity index (χ3n) is 2.32. The van der Waals surface area contributed by atoms with Crippen molar-refractivity contribution < 1.29 is 5.11 Å². The average molecular weight is 178 g/mol. The Kier molecular flexibility index (Phi) is 4.55. The topological polar surface area (TPSA) is 20.2 Å². The molecule has 0 saturated carbocycles. The van der Waals surface area contributed by atoms with Gasteiger partial charge in [-0.2, -0.15) is 0 Å². The summed E-state index contributed by atoms with van der Waals surface area (Å²) in [5, 5.41) is 9.12. The van der Waals surface area contributed by atoms with E-state index in [2.05, 4.69) is 31.2 Å². The second-order valence-corrected chi connectivity index (χ2v) is 3.53. The zero-order valence-electron chi connectivity index (χ0n) is 8.24. The van der Waals surface area contributed by atoms with E-state index < -0.39 is 0 Å². The summed E-state index contributed by atoms with van der Waals surface area (Å²) in [6.45, 7) is 2.47. The maximum atomic E-state index is 9.12. The van der Waals surface area contributed by atoms with E-state index >= 15 is 0 Å². The van der Waals surface area contributed by atoms with Crippen LogP contribution in [0.25, 0.3) is 0 Å². The lowest BCUT2D eigenvalue weighted by Gasteiger charge is -2.12. The fourth-order valence-corrected chi connectivity index (χ4v) is 1.61. The normalized spacial score (nSPS) is 12.8. The molecule has 0 aliphatic carbocycles. The van der Waals surface area contributed by atoms with Crippen LogP contribution in [0.2, 0.25) is 0 Å². The van der Waals surface area contributed by atoms with Crippen molar-refractivity contribution >= 4 is 0 Å². The summed E-state index contributed by atoms with van der Waals surface area (Å²) in [4.78, 5) is 0. The van der Waals surface area contributed by atoms with Crippen LogP contribution >= 0.6 is 0 Å². The predicted octanol–water partition coefficient (Wildman–Crippen LogP) is 2.64. The van der Waals surface area contributed by atoms with Crippen molar-refractivity contribution in [1.82, 2.24) is 0 Å². The number of hydrogen-bond acceptors (Lipinski definition) is 1. The first-order valence-corrected chi connectivity index (χ1v) is 5.01. The summed E-state index contributed by atoms with van der Waals surface area (Å²) in [5.74, 6) is 0.437. The van der Waals surface area contributed by atoms with Crippen LogP contribution in [0.3, 0.4) is 0 Å². The van der Waals surface area contributed by atoms with Crippen LogP contribution in [0.5, 0.6) is 0 Å². The van der Waals surface area contributed by atoms with Gasteiger partial charge in [0.1, 0.15) is 0 Å². The van der Waals surface area contributed by atoms with Gasteiger partial charge in [-0.25, -0.2) is 0 Å². The van der Waals surface area contributed by atoms with Crippen molar-refractivity contribution in [2.24, 2.45) is 5.92 Å². The van der Waals surface area contributed by atoms with Crippen molar-refractivity contribution in [2.45, 2.75) is 26.2 Å². The van der Waals surface area contributed by atoms with Crippen LogP contribution in [-0.4, -0.2) is 11.7 Å². The molecule has 0 heterocycles. The van der Waals surface area contributed by atoms with Crippen molar-refractivity contribution in [3.05, 3.63) is 35.9 Å². The van der Waals surface area contributed by atoms with Gasteiger partial charge < -0.3 is 5.11 Å². The van der Waals surface area contributed by atoms with Gasteiger partial charge in [0.05, 0.1) is 0 Å². The molecule has 0 aromatic heterocycles. The highest BCUT2D eigenvalue weighted by molar-refractivity contribution is 5.15. The molecule has 1 unspecified atom stereocenters. The first kappa shape index (κ1) is 10.3. The van der Waals surface area contributed by atoms with E-state index in [-0.39, 0.29) is 0 Å². The maximum absolute atomic E-state index is 9.12. The number of rotatable bonds is 5. The summed E-state index contributed by atoms with van der Waals surface area (Å²) in [6.07, 6.45) is 3.27. The van der Waals surface area contributed by atoms with Gasteiger partial charge in [-0.1, -0.05) is 43.7 Å². The third-order valence-corrected chi connectivity index (χ3v) is 2.32. The molecule has 0 aliphatic rings. The smallest absolute Gasteiger partial charge is 0.0462 e. The van der Waals surface area contributed by atoms with E-state index in [4.69, 9.17) is 5.11 Å². The van der Waals surface area contributed by atoms with Crippen molar-refractivity contribution in [1.29, 1.82) is 0 Å². The van der Waals surface area contributed by atoms with Gasteiger partial charge in [0.25, 0.3) is 0 Å². The lowest BCUT2D eigenvalue weighted by Crippen LogP contribution is -2.08. The number of hydrogen-bond donors (Lipinski definition) is 1. The van der Waals surface area contributed by atoms with Crippen LogP contribution in [0.15, 0.2) is 30.3 Å². The molecule has 0 radical (unpaired) electrons. The molecule has 72 valence electrons. The molecule has 1 nitrogen and oxygen atoms in total.